The summed E-state index contributed by atoms with van der Waals surface area (Å²) < 4.78 is 18.0. The number of hydrogen-bond donors (Lipinski definition) is 1. The minimum absolute atomic E-state index is 0.322. The van der Waals surface area contributed by atoms with Gasteiger partial charge in [0, 0.05) is 12.7 Å². The van der Waals surface area contributed by atoms with Crippen LogP contribution in [0.1, 0.15) is 61.4 Å². The van der Waals surface area contributed by atoms with Gasteiger partial charge in [-0.05, 0) is 82.0 Å². The number of nitrogens with zero attached hydrogens (tertiary/aromatic N) is 1. The van der Waals surface area contributed by atoms with Crippen molar-refractivity contribution in [2.45, 2.75) is 64.4 Å². The fraction of sp³-hybridized carbons (Fsp3) is 0.343. The molecule has 214 valence electrons. The van der Waals surface area contributed by atoms with Crippen LogP contribution in [0.4, 0.5) is 5.69 Å². The van der Waals surface area contributed by atoms with Crippen molar-refractivity contribution in [3.05, 3.63) is 106 Å². The number of carbonyl (C=O) groups is 1. The largest absolute Gasteiger partial charge is 0.497 e. The monoisotopic (exact) mass is 553 g/mol. The second-order valence-electron chi connectivity index (χ2n) is 11.5. The number of aryl methyl sites for hydroxylation is 1. The lowest BCUT2D eigenvalue weighted by atomic mass is 9.75. The number of hydrogen-bond acceptors (Lipinski definition) is 5. The Balaban J connectivity index is 1.71. The van der Waals surface area contributed by atoms with Crippen LogP contribution >= 0.6 is 0 Å². The minimum atomic E-state index is -1.81. The van der Waals surface area contributed by atoms with Gasteiger partial charge in [-0.1, -0.05) is 59.7 Å². The van der Waals surface area contributed by atoms with E-state index < -0.39 is 17.3 Å². The number of amides is 1. The average molecular weight is 554 g/mol. The molecule has 0 bridgehead atoms. The molecule has 2 aliphatic heterocycles. The third-order valence-corrected chi connectivity index (χ3v) is 8.04. The number of benzene rings is 3. The number of methoxy groups -OCH3 is 2. The average Bonchev–Trinajstić information content (AvgIpc) is 2.94. The first-order valence-corrected chi connectivity index (χ1v) is 14.1. The first kappa shape index (κ1) is 28.7. The third-order valence-electron chi connectivity index (χ3n) is 8.04. The molecule has 0 aromatic heterocycles. The van der Waals surface area contributed by atoms with E-state index in [0.717, 1.165) is 29.5 Å². The molecular formula is C35H39NO5. The van der Waals surface area contributed by atoms with Gasteiger partial charge in [-0.2, -0.15) is 0 Å². The van der Waals surface area contributed by atoms with Crippen molar-refractivity contribution in [2.24, 2.45) is 0 Å². The van der Waals surface area contributed by atoms with Gasteiger partial charge in [0.05, 0.1) is 24.9 Å². The minimum Gasteiger partial charge on any atom is -0.497 e. The standard InChI is InChI=1S/C35H39NO5/c1-23(2)9-8-19-34(4)20-18-26-12-17-29-30(31(26)41-34)35(38,27-13-15-28(39-5)16-14-27)32(40-6)33(37)36(29)22-25-11-7-10-24(3)21-25/h7,9-18,20-21,32,38H,8,19,22H2,1-6H3/t32-,34-,35+/m1/s1. The number of aliphatic hydroxyl groups is 1. The van der Waals surface area contributed by atoms with E-state index in [0.29, 0.717) is 34.9 Å². The highest BCUT2D eigenvalue weighted by Gasteiger charge is 2.55. The number of rotatable bonds is 8. The molecule has 3 aromatic carbocycles. The van der Waals surface area contributed by atoms with Crippen LogP contribution in [0, 0.1) is 6.92 Å². The maximum atomic E-state index is 14.2. The van der Waals surface area contributed by atoms with Crippen molar-refractivity contribution < 1.29 is 24.1 Å². The van der Waals surface area contributed by atoms with Crippen LogP contribution in [0.25, 0.3) is 6.08 Å². The van der Waals surface area contributed by atoms with Crippen LogP contribution in [0.2, 0.25) is 0 Å². The number of ether oxygens (including phenoxy) is 3. The molecule has 0 radical (unpaired) electrons. The Kier molecular flexibility index (Phi) is 7.82. The Bertz CT molecular complexity index is 1500. The van der Waals surface area contributed by atoms with E-state index in [1.807, 2.05) is 37.3 Å². The molecular weight excluding hydrogens is 514 g/mol. The lowest BCUT2D eigenvalue weighted by Crippen LogP contribution is -2.57. The van der Waals surface area contributed by atoms with E-state index in [2.05, 4.69) is 45.1 Å². The molecule has 41 heavy (non-hydrogen) atoms. The molecule has 0 unspecified atom stereocenters. The maximum absolute atomic E-state index is 14.2. The lowest BCUT2D eigenvalue weighted by molar-refractivity contribution is -0.146. The Morgan fingerprint density at radius 3 is 2.51 bits per heavy atom. The number of allylic oxidation sites excluding steroid dienone is 2. The third kappa shape index (κ3) is 5.30. The van der Waals surface area contributed by atoms with Gasteiger partial charge in [0.15, 0.2) is 11.7 Å². The molecule has 1 N–H and O–H groups in total. The van der Waals surface area contributed by atoms with Crippen molar-refractivity contribution in [2.75, 3.05) is 19.1 Å². The molecule has 3 aromatic rings. The van der Waals surface area contributed by atoms with Crippen molar-refractivity contribution in [1.29, 1.82) is 0 Å². The summed E-state index contributed by atoms with van der Waals surface area (Å²) in [5, 5.41) is 12.8. The normalized spacial score (nSPS) is 23.0. The SMILES string of the molecule is COc1ccc([C@]2(O)c3c(ccc4c3O[C@](C)(CCC=C(C)C)C=C4)N(Cc3cccc(C)c3)C(=O)[C@H]2OC)cc1. The predicted octanol–water partition coefficient (Wildman–Crippen LogP) is 6.71. The zero-order valence-electron chi connectivity index (χ0n) is 24.7. The first-order chi connectivity index (χ1) is 19.6. The highest BCUT2D eigenvalue weighted by Crippen LogP contribution is 2.52. The molecule has 3 atom stereocenters. The van der Waals surface area contributed by atoms with Gasteiger partial charge in [0.25, 0.3) is 5.91 Å². The molecule has 5 rings (SSSR count). The van der Waals surface area contributed by atoms with Gasteiger partial charge in [0.2, 0.25) is 0 Å². The van der Waals surface area contributed by atoms with Crippen molar-refractivity contribution in [3.63, 3.8) is 0 Å². The maximum Gasteiger partial charge on any atom is 0.260 e. The highest BCUT2D eigenvalue weighted by atomic mass is 16.5. The molecule has 1 amide bonds. The van der Waals surface area contributed by atoms with E-state index in [1.54, 1.807) is 36.3 Å². The molecule has 2 aliphatic rings. The molecule has 0 aliphatic carbocycles. The Labute approximate surface area is 242 Å². The van der Waals surface area contributed by atoms with E-state index in [-0.39, 0.29) is 5.91 Å². The second-order valence-corrected chi connectivity index (χ2v) is 11.5. The summed E-state index contributed by atoms with van der Waals surface area (Å²) in [6.07, 6.45) is 6.76. The summed E-state index contributed by atoms with van der Waals surface area (Å²) in [5.74, 6) is 0.889. The molecule has 0 saturated heterocycles. The molecule has 2 heterocycles. The summed E-state index contributed by atoms with van der Waals surface area (Å²) in [4.78, 5) is 15.9. The number of anilines is 1. The smallest absolute Gasteiger partial charge is 0.260 e. The lowest BCUT2D eigenvalue weighted by Gasteiger charge is -2.46. The zero-order chi connectivity index (χ0) is 29.4. The topological polar surface area (TPSA) is 68.2 Å². The fourth-order valence-corrected chi connectivity index (χ4v) is 5.88. The van der Waals surface area contributed by atoms with Gasteiger partial charge >= 0.3 is 0 Å². The molecule has 6 nitrogen and oxygen atoms in total. The Morgan fingerprint density at radius 1 is 1.10 bits per heavy atom. The summed E-state index contributed by atoms with van der Waals surface area (Å²) >= 11 is 0. The summed E-state index contributed by atoms with van der Waals surface area (Å²) in [5.41, 5.74) is 3.43. The summed E-state index contributed by atoms with van der Waals surface area (Å²) in [6.45, 7) is 8.60. The van der Waals surface area contributed by atoms with Crippen molar-refractivity contribution in [1.82, 2.24) is 0 Å². The van der Waals surface area contributed by atoms with Crippen LogP contribution in [-0.4, -0.2) is 36.9 Å². The quantitative estimate of drug-likeness (QED) is 0.314. The molecule has 0 fully saturated rings. The van der Waals surface area contributed by atoms with E-state index >= 15 is 0 Å². The van der Waals surface area contributed by atoms with E-state index in [4.69, 9.17) is 14.2 Å². The Hall–Kier alpha value is -3.87. The zero-order valence-corrected chi connectivity index (χ0v) is 24.7. The van der Waals surface area contributed by atoms with Crippen molar-refractivity contribution in [3.8, 4) is 11.5 Å². The van der Waals surface area contributed by atoms with Crippen LogP contribution in [0.15, 0.2) is 78.4 Å². The summed E-state index contributed by atoms with van der Waals surface area (Å²) in [7, 11) is 3.06. The fourth-order valence-electron chi connectivity index (χ4n) is 5.88. The van der Waals surface area contributed by atoms with Crippen molar-refractivity contribution >= 4 is 17.7 Å². The number of carbonyl (C=O) groups excluding carboxylic acids is 1. The van der Waals surface area contributed by atoms with E-state index in [9.17, 15) is 9.90 Å². The molecule has 0 spiro atoms. The van der Waals surface area contributed by atoms with Crippen LogP contribution in [0.5, 0.6) is 11.5 Å². The first-order valence-electron chi connectivity index (χ1n) is 14.1. The van der Waals surface area contributed by atoms with Gasteiger partial charge in [0.1, 0.15) is 17.1 Å². The predicted molar refractivity (Wildman–Crippen MR) is 162 cm³/mol. The van der Waals surface area contributed by atoms with Gasteiger partial charge in [-0.15, -0.1) is 0 Å². The molecule has 0 saturated carbocycles. The van der Waals surface area contributed by atoms with Gasteiger partial charge < -0.3 is 24.2 Å². The summed E-state index contributed by atoms with van der Waals surface area (Å²) in [6, 6.07) is 19.1. The highest BCUT2D eigenvalue weighted by molar-refractivity contribution is 6.03. The van der Waals surface area contributed by atoms with Gasteiger partial charge in [-0.3, -0.25) is 4.79 Å². The van der Waals surface area contributed by atoms with Gasteiger partial charge in [-0.25, -0.2) is 0 Å². The van der Waals surface area contributed by atoms with E-state index in [1.165, 1.54) is 12.7 Å². The Morgan fingerprint density at radius 2 is 1.85 bits per heavy atom. The van der Waals surface area contributed by atoms with Crippen LogP contribution < -0.4 is 14.4 Å². The van der Waals surface area contributed by atoms with Crippen LogP contribution in [-0.2, 0) is 21.7 Å². The second kappa shape index (κ2) is 11.2. The molecule has 6 heteroatoms. The number of fused-ring (bicyclic) bond motifs is 3. The van der Waals surface area contributed by atoms with Crippen LogP contribution in [0.3, 0.4) is 0 Å².